The Morgan fingerprint density at radius 1 is 0.968 bits per heavy atom. The zero-order valence-corrected chi connectivity index (χ0v) is 18.5. The Morgan fingerprint density at radius 2 is 1.55 bits per heavy atom. The molecule has 3 rings (SSSR count). The second-order valence-corrected chi connectivity index (χ2v) is 9.56. The molecule has 1 heterocycles. The van der Waals surface area contributed by atoms with Crippen molar-refractivity contribution >= 4 is 43.4 Å². The number of alkyl halides is 3. The molecule has 0 radical (unpaired) electrons. The van der Waals surface area contributed by atoms with Crippen LogP contribution < -0.4 is 0 Å². The monoisotopic (exact) mass is 510 g/mol. The summed E-state index contributed by atoms with van der Waals surface area (Å²) in [5, 5.41) is -0.444. The zero-order valence-electron chi connectivity index (χ0n) is 15.4. The normalized spacial score (nSPS) is 12.2. The fourth-order valence-corrected chi connectivity index (χ4v) is 3.99. The Morgan fingerprint density at radius 3 is 2.06 bits per heavy atom. The van der Waals surface area contributed by atoms with Crippen LogP contribution in [0.25, 0.3) is 22.4 Å². The second kappa shape index (κ2) is 9.31. The highest BCUT2D eigenvalue weighted by Gasteiger charge is 2.36. The van der Waals surface area contributed by atoms with Crippen LogP contribution in [0.3, 0.4) is 0 Å². The maximum Gasteiger partial charge on any atom is 0.451 e. The topological polar surface area (TPSA) is 78.4 Å². The van der Waals surface area contributed by atoms with Crippen LogP contribution in [0.1, 0.15) is 5.82 Å². The third-order valence-electron chi connectivity index (χ3n) is 3.87. The van der Waals surface area contributed by atoms with Crippen molar-refractivity contribution in [3.63, 3.8) is 0 Å². The molecule has 0 unspecified atom stereocenters. The van der Waals surface area contributed by atoms with Crippen LogP contribution >= 0.6 is 34.3 Å². The largest absolute Gasteiger partial charge is 0.451 e. The molecule has 0 atom stereocenters. The molecule has 1 aromatic heterocycles. The number of hydrogen-bond acceptors (Lipinski definition) is 7. The van der Waals surface area contributed by atoms with E-state index in [0.29, 0.717) is 16.0 Å². The minimum atomic E-state index is -4.82. The first-order chi connectivity index (χ1) is 14.5. The van der Waals surface area contributed by atoms with Crippen molar-refractivity contribution in [2.45, 2.75) is 16.0 Å². The summed E-state index contributed by atoms with van der Waals surface area (Å²) in [6.45, 7) is 0. The highest BCUT2D eigenvalue weighted by atomic mass is 35.7. The van der Waals surface area contributed by atoms with Gasteiger partial charge in [0.25, 0.3) is 9.05 Å². The molecular formula is C18H11Cl2F3N2O4S2. The molecule has 0 saturated carbocycles. The van der Waals surface area contributed by atoms with Crippen LogP contribution in [0.15, 0.2) is 58.3 Å². The smallest absolute Gasteiger partial charge is 0.227 e. The third kappa shape index (κ3) is 5.68. The summed E-state index contributed by atoms with van der Waals surface area (Å²) in [4.78, 5) is 12.0. The highest BCUT2D eigenvalue weighted by Crippen LogP contribution is 2.39. The number of nitrogens with zero attached hydrogens (tertiary/aromatic N) is 2. The van der Waals surface area contributed by atoms with Crippen LogP contribution in [0.5, 0.6) is 0 Å². The molecular weight excluding hydrogens is 500 g/mol. The Bertz CT molecular complexity index is 1190. The van der Waals surface area contributed by atoms with Crippen molar-refractivity contribution in [1.82, 2.24) is 9.97 Å². The van der Waals surface area contributed by atoms with Crippen LogP contribution in [0.2, 0.25) is 5.15 Å². The zero-order chi connectivity index (χ0) is 22.8. The van der Waals surface area contributed by atoms with Gasteiger partial charge in [-0.1, -0.05) is 35.9 Å². The maximum atomic E-state index is 13.3. The molecule has 0 aliphatic carbocycles. The second-order valence-electron chi connectivity index (χ2n) is 5.86. The molecule has 0 saturated heterocycles. The minimum absolute atomic E-state index is 0.0852. The Labute approximate surface area is 188 Å². The minimum Gasteiger partial charge on any atom is -0.227 e. The maximum absolute atomic E-state index is 13.3. The number of rotatable bonds is 6. The quantitative estimate of drug-likeness (QED) is 0.132. The van der Waals surface area contributed by atoms with Crippen molar-refractivity contribution in [1.29, 1.82) is 0 Å². The summed E-state index contributed by atoms with van der Waals surface area (Å²) < 4.78 is 67.5. The standard InChI is InChI=1S/C18H11Cl2F3N2O4S2/c1-28-29-30-12-6-2-11(3-7-12)15-14(16(19)25-17(24-15)18(21,22)23)10-4-8-13(9-5-10)31(20,26)27/h2-9H,1H3. The lowest BCUT2D eigenvalue weighted by Crippen LogP contribution is -2.12. The number of aromatic nitrogens is 2. The van der Waals surface area contributed by atoms with E-state index < -0.39 is 26.2 Å². The molecule has 3 aromatic rings. The fraction of sp³-hybridized carbons (Fsp3) is 0.111. The van der Waals surface area contributed by atoms with E-state index in [9.17, 15) is 21.6 Å². The molecule has 0 aliphatic heterocycles. The van der Waals surface area contributed by atoms with Gasteiger partial charge in [0.2, 0.25) is 5.82 Å². The predicted octanol–water partition coefficient (Wildman–Crippen LogP) is 6.00. The van der Waals surface area contributed by atoms with E-state index in [1.54, 1.807) is 12.1 Å². The van der Waals surface area contributed by atoms with E-state index in [4.69, 9.17) is 26.6 Å². The lowest BCUT2D eigenvalue weighted by molar-refractivity contribution is -0.160. The number of hydrogen-bond donors (Lipinski definition) is 0. The average Bonchev–Trinajstić information content (AvgIpc) is 2.71. The van der Waals surface area contributed by atoms with E-state index in [1.807, 2.05) is 0 Å². The van der Waals surface area contributed by atoms with Gasteiger partial charge in [0, 0.05) is 26.7 Å². The molecule has 0 N–H and O–H groups in total. The molecule has 0 amide bonds. The molecule has 0 fully saturated rings. The van der Waals surface area contributed by atoms with Gasteiger partial charge >= 0.3 is 6.18 Å². The molecule has 164 valence electrons. The summed E-state index contributed by atoms with van der Waals surface area (Å²) in [6.07, 6.45) is -4.82. The molecule has 31 heavy (non-hydrogen) atoms. The van der Waals surface area contributed by atoms with Gasteiger partial charge in [-0.3, -0.25) is 0 Å². The first kappa shape index (κ1) is 23.8. The van der Waals surface area contributed by atoms with Crippen molar-refractivity contribution in [2.24, 2.45) is 0 Å². The van der Waals surface area contributed by atoms with Gasteiger partial charge in [0.15, 0.2) is 0 Å². The van der Waals surface area contributed by atoms with Crippen molar-refractivity contribution < 1.29 is 30.8 Å². The van der Waals surface area contributed by atoms with E-state index >= 15 is 0 Å². The highest BCUT2D eigenvalue weighted by molar-refractivity contribution is 8.13. The Hall–Kier alpha value is -1.89. The Kier molecular flexibility index (Phi) is 7.14. The van der Waals surface area contributed by atoms with Gasteiger partial charge in [0.05, 0.1) is 29.7 Å². The third-order valence-corrected chi connectivity index (χ3v) is 6.18. The molecule has 6 nitrogen and oxygen atoms in total. The average molecular weight is 511 g/mol. The van der Waals surface area contributed by atoms with Crippen molar-refractivity contribution in [3.05, 3.63) is 59.5 Å². The van der Waals surface area contributed by atoms with Crippen LogP contribution in [0, 0.1) is 0 Å². The van der Waals surface area contributed by atoms with Gasteiger partial charge in [0.1, 0.15) is 5.15 Å². The summed E-state index contributed by atoms with van der Waals surface area (Å²) in [7, 11) is 2.66. The van der Waals surface area contributed by atoms with Crippen LogP contribution in [0.4, 0.5) is 13.2 Å². The summed E-state index contributed by atoms with van der Waals surface area (Å²) in [5.41, 5.74) is 0.638. The van der Waals surface area contributed by atoms with E-state index in [2.05, 4.69) is 14.9 Å². The number of halogens is 5. The Balaban J connectivity index is 2.17. The molecule has 13 heteroatoms. The lowest BCUT2D eigenvalue weighted by Gasteiger charge is -2.14. The van der Waals surface area contributed by atoms with Gasteiger partial charge in [-0.25, -0.2) is 23.3 Å². The van der Waals surface area contributed by atoms with Crippen molar-refractivity contribution in [2.75, 3.05) is 7.11 Å². The molecule has 0 aliphatic rings. The van der Waals surface area contributed by atoms with E-state index in [-0.39, 0.29) is 16.2 Å². The first-order valence-electron chi connectivity index (χ1n) is 8.18. The van der Waals surface area contributed by atoms with Crippen molar-refractivity contribution in [3.8, 4) is 22.4 Å². The first-order valence-corrected chi connectivity index (χ1v) is 11.6. The summed E-state index contributed by atoms with van der Waals surface area (Å²) in [6, 6.07) is 11.4. The fourth-order valence-electron chi connectivity index (χ4n) is 2.55. The van der Waals surface area contributed by atoms with Gasteiger partial charge in [-0.05, 0) is 29.8 Å². The van der Waals surface area contributed by atoms with Gasteiger partial charge in [-0.15, -0.1) is 0 Å². The summed E-state index contributed by atoms with van der Waals surface area (Å²) in [5.74, 6) is -1.41. The summed E-state index contributed by atoms with van der Waals surface area (Å²) >= 11 is 7.03. The van der Waals surface area contributed by atoms with E-state index in [0.717, 1.165) is 12.0 Å². The lowest BCUT2D eigenvalue weighted by atomic mass is 10.0. The SMILES string of the molecule is COOSc1ccc(-c2nc(C(F)(F)F)nc(Cl)c2-c2ccc(S(=O)(=O)Cl)cc2)cc1. The van der Waals surface area contributed by atoms with Crippen LogP contribution in [-0.4, -0.2) is 25.5 Å². The van der Waals surface area contributed by atoms with E-state index in [1.165, 1.54) is 43.5 Å². The van der Waals surface area contributed by atoms with Gasteiger partial charge in [-0.2, -0.15) is 17.5 Å². The molecule has 0 bridgehead atoms. The van der Waals surface area contributed by atoms with Gasteiger partial charge < -0.3 is 0 Å². The predicted molar refractivity (Wildman–Crippen MR) is 110 cm³/mol. The number of benzene rings is 2. The molecule has 2 aromatic carbocycles. The molecule has 0 spiro atoms. The van der Waals surface area contributed by atoms with Crippen LogP contribution in [-0.2, 0) is 24.4 Å².